The molecular formula is C22H14BrCl2NO4S. The second kappa shape index (κ2) is 8.67. The molecular weight excluding hydrogens is 525 g/mol. The van der Waals surface area contributed by atoms with Crippen molar-refractivity contribution in [2.24, 2.45) is 0 Å². The van der Waals surface area contributed by atoms with Crippen LogP contribution in [-0.4, -0.2) is 23.9 Å². The lowest BCUT2D eigenvalue weighted by Gasteiger charge is -2.24. The number of anilines is 1. The molecule has 1 aliphatic rings. The van der Waals surface area contributed by atoms with Crippen molar-refractivity contribution < 1.29 is 19.4 Å². The molecule has 0 bridgehead atoms. The summed E-state index contributed by atoms with van der Waals surface area (Å²) >= 11 is 17.1. The van der Waals surface area contributed by atoms with Crippen LogP contribution in [0.3, 0.4) is 0 Å². The first-order chi connectivity index (χ1) is 14.8. The quantitative estimate of drug-likeness (QED) is 0.235. The third kappa shape index (κ3) is 3.87. The minimum atomic E-state index is -0.822. The topological polar surface area (TPSA) is 66.8 Å². The van der Waals surface area contributed by atoms with Crippen molar-refractivity contribution in [1.29, 1.82) is 0 Å². The molecule has 1 unspecified atom stereocenters. The summed E-state index contributed by atoms with van der Waals surface area (Å²) in [4.78, 5) is 28.3. The van der Waals surface area contributed by atoms with Crippen LogP contribution < -0.4 is 9.64 Å². The van der Waals surface area contributed by atoms with Crippen LogP contribution in [-0.2, 0) is 9.59 Å². The van der Waals surface area contributed by atoms with Crippen LogP contribution >= 0.6 is 50.5 Å². The van der Waals surface area contributed by atoms with Crippen LogP contribution in [0.25, 0.3) is 5.76 Å². The second-order valence-electron chi connectivity index (χ2n) is 6.63. The number of carbonyl (C=O) groups is 2. The molecule has 2 heterocycles. The first-order valence-electron chi connectivity index (χ1n) is 8.97. The number of benzene rings is 2. The Morgan fingerprint density at radius 1 is 1.16 bits per heavy atom. The summed E-state index contributed by atoms with van der Waals surface area (Å²) in [6, 6.07) is 12.8. The zero-order chi connectivity index (χ0) is 22.3. The highest BCUT2D eigenvalue weighted by Gasteiger charge is 2.47. The molecule has 0 radical (unpaired) electrons. The minimum Gasteiger partial charge on any atom is -0.507 e. The van der Waals surface area contributed by atoms with E-state index >= 15 is 0 Å². The van der Waals surface area contributed by atoms with Crippen LogP contribution in [0, 0.1) is 0 Å². The van der Waals surface area contributed by atoms with Gasteiger partial charge in [0, 0.05) is 20.1 Å². The SMILES string of the molecule is COc1c(Cl)cc(Cl)cc1/C(O)=C1/C(=O)C(=O)N(c2cccc(Br)c2)C1c1cccs1. The standard InChI is InChI=1S/C22H14BrCl2NO4S/c1-30-21-14(9-12(24)10-15(21)25)19(27)17-18(16-6-3-7-31-16)26(22(29)20(17)28)13-5-2-4-11(23)8-13/h2-10,18,27H,1H3/b19-17-. The van der Waals surface area contributed by atoms with Crippen molar-refractivity contribution in [1.82, 2.24) is 0 Å². The maximum Gasteiger partial charge on any atom is 0.300 e. The van der Waals surface area contributed by atoms with Crippen molar-refractivity contribution in [3.8, 4) is 5.75 Å². The summed E-state index contributed by atoms with van der Waals surface area (Å²) in [5.41, 5.74) is 0.586. The number of aliphatic hydroxyl groups is 1. The minimum absolute atomic E-state index is 0.0657. The molecule has 3 aromatic rings. The summed E-state index contributed by atoms with van der Waals surface area (Å²) in [6.45, 7) is 0. The molecule has 1 aromatic heterocycles. The van der Waals surface area contributed by atoms with Crippen molar-refractivity contribution >= 4 is 73.6 Å². The van der Waals surface area contributed by atoms with Gasteiger partial charge in [-0.05, 0) is 41.8 Å². The number of halogens is 3. The lowest BCUT2D eigenvalue weighted by atomic mass is 9.99. The van der Waals surface area contributed by atoms with Crippen LogP contribution in [0.15, 0.2) is 64.0 Å². The molecule has 0 aliphatic carbocycles. The Morgan fingerprint density at radius 2 is 1.94 bits per heavy atom. The Balaban J connectivity index is 1.99. The van der Waals surface area contributed by atoms with E-state index in [0.717, 1.165) is 4.47 Å². The van der Waals surface area contributed by atoms with Gasteiger partial charge in [-0.25, -0.2) is 0 Å². The number of carbonyl (C=O) groups excluding carboxylic acids is 2. The normalized spacial score (nSPS) is 17.9. The Labute approximate surface area is 200 Å². The number of thiophene rings is 1. The van der Waals surface area contributed by atoms with Crippen molar-refractivity contribution in [3.05, 3.63) is 84.4 Å². The van der Waals surface area contributed by atoms with E-state index in [9.17, 15) is 14.7 Å². The summed E-state index contributed by atoms with van der Waals surface area (Å²) in [5.74, 6) is -1.81. The van der Waals surface area contributed by atoms with Crippen molar-refractivity contribution in [2.75, 3.05) is 12.0 Å². The molecule has 4 rings (SSSR count). The first kappa shape index (κ1) is 21.9. The third-order valence-electron chi connectivity index (χ3n) is 4.81. The zero-order valence-electron chi connectivity index (χ0n) is 15.9. The van der Waals surface area contributed by atoms with Gasteiger partial charge in [0.2, 0.25) is 0 Å². The van der Waals surface area contributed by atoms with Crippen LogP contribution in [0.1, 0.15) is 16.5 Å². The van der Waals surface area contributed by atoms with E-state index < -0.39 is 23.5 Å². The number of amides is 1. The smallest absolute Gasteiger partial charge is 0.300 e. The predicted octanol–water partition coefficient (Wildman–Crippen LogP) is 6.45. The highest BCUT2D eigenvalue weighted by molar-refractivity contribution is 9.10. The van der Waals surface area contributed by atoms with Gasteiger partial charge < -0.3 is 9.84 Å². The average molecular weight is 539 g/mol. The number of aliphatic hydroxyl groups excluding tert-OH is 1. The van der Waals surface area contributed by atoms with E-state index in [0.29, 0.717) is 10.6 Å². The van der Waals surface area contributed by atoms with Crippen LogP contribution in [0.5, 0.6) is 5.75 Å². The molecule has 0 saturated carbocycles. The molecule has 1 saturated heterocycles. The number of nitrogens with zero attached hydrogens (tertiary/aromatic N) is 1. The van der Waals surface area contributed by atoms with Gasteiger partial charge in [-0.15, -0.1) is 11.3 Å². The fourth-order valence-corrected chi connectivity index (χ4v) is 5.31. The Hall–Kier alpha value is -2.32. The predicted molar refractivity (Wildman–Crippen MR) is 126 cm³/mol. The number of ether oxygens (including phenoxy) is 1. The lowest BCUT2D eigenvalue weighted by Crippen LogP contribution is -2.29. The highest BCUT2D eigenvalue weighted by Crippen LogP contribution is 2.46. The monoisotopic (exact) mass is 537 g/mol. The fraction of sp³-hybridized carbons (Fsp3) is 0.0909. The summed E-state index contributed by atoms with van der Waals surface area (Å²) in [7, 11) is 1.39. The van der Waals surface area contributed by atoms with Gasteiger partial charge in [-0.3, -0.25) is 14.5 Å². The number of methoxy groups -OCH3 is 1. The largest absolute Gasteiger partial charge is 0.507 e. The van der Waals surface area contributed by atoms with Crippen molar-refractivity contribution in [2.45, 2.75) is 6.04 Å². The Kier molecular flexibility index (Phi) is 6.12. The number of hydrogen-bond donors (Lipinski definition) is 1. The average Bonchev–Trinajstić information content (AvgIpc) is 3.34. The van der Waals surface area contributed by atoms with Crippen LogP contribution in [0.4, 0.5) is 5.69 Å². The van der Waals surface area contributed by atoms with E-state index in [1.807, 2.05) is 23.6 Å². The number of ketones is 1. The van der Waals surface area contributed by atoms with E-state index in [1.165, 1.54) is 35.5 Å². The Morgan fingerprint density at radius 3 is 2.58 bits per heavy atom. The van der Waals surface area contributed by atoms with Gasteiger partial charge in [0.25, 0.3) is 11.7 Å². The molecule has 31 heavy (non-hydrogen) atoms. The summed E-state index contributed by atoms with van der Waals surface area (Å²) in [5, 5.41) is 13.5. The van der Waals surface area contributed by atoms with E-state index in [2.05, 4.69) is 15.9 Å². The maximum atomic E-state index is 13.1. The number of hydrogen-bond acceptors (Lipinski definition) is 5. The van der Waals surface area contributed by atoms with Gasteiger partial charge in [0.05, 0.1) is 23.3 Å². The highest BCUT2D eigenvalue weighted by atomic mass is 79.9. The molecule has 1 aliphatic heterocycles. The van der Waals surface area contributed by atoms with Gasteiger partial charge >= 0.3 is 0 Å². The third-order valence-corrected chi connectivity index (χ3v) is 6.73. The summed E-state index contributed by atoms with van der Waals surface area (Å²) in [6.07, 6.45) is 0. The molecule has 1 N–H and O–H groups in total. The molecule has 9 heteroatoms. The van der Waals surface area contributed by atoms with Gasteiger partial charge in [0.1, 0.15) is 17.6 Å². The van der Waals surface area contributed by atoms with Gasteiger partial charge in [-0.1, -0.05) is 51.3 Å². The second-order valence-corrected chi connectivity index (χ2v) is 9.37. The first-order valence-corrected chi connectivity index (χ1v) is 11.4. The van der Waals surface area contributed by atoms with E-state index in [-0.39, 0.29) is 26.9 Å². The number of rotatable bonds is 4. The van der Waals surface area contributed by atoms with E-state index in [1.54, 1.807) is 18.2 Å². The lowest BCUT2D eigenvalue weighted by molar-refractivity contribution is -0.132. The Bertz CT molecular complexity index is 1230. The van der Waals surface area contributed by atoms with Gasteiger partial charge in [-0.2, -0.15) is 0 Å². The molecule has 1 atom stereocenters. The fourth-order valence-electron chi connectivity index (χ4n) is 3.53. The molecule has 0 spiro atoms. The maximum absolute atomic E-state index is 13.1. The van der Waals surface area contributed by atoms with Crippen LogP contribution in [0.2, 0.25) is 10.0 Å². The van der Waals surface area contributed by atoms with Crippen molar-refractivity contribution in [3.63, 3.8) is 0 Å². The number of Topliss-reactive ketones (excluding diaryl/α,β-unsaturated/α-hetero) is 1. The summed E-state index contributed by atoms with van der Waals surface area (Å²) < 4.78 is 6.08. The molecule has 1 fully saturated rings. The zero-order valence-corrected chi connectivity index (χ0v) is 19.8. The molecule has 2 aromatic carbocycles. The molecule has 1 amide bonds. The van der Waals surface area contributed by atoms with Gasteiger partial charge in [0.15, 0.2) is 0 Å². The molecule has 158 valence electrons. The van der Waals surface area contributed by atoms with E-state index in [4.69, 9.17) is 27.9 Å². The molecule has 5 nitrogen and oxygen atoms in total.